The van der Waals surface area contributed by atoms with Gasteiger partial charge in [0, 0.05) is 12.6 Å². The number of nitrogen functional groups attached to an aromatic ring is 1. The van der Waals surface area contributed by atoms with E-state index in [0.29, 0.717) is 23.9 Å². The number of rotatable bonds is 4. The second-order valence-corrected chi connectivity index (χ2v) is 2.44. The van der Waals surface area contributed by atoms with Crippen LogP contribution in [0.3, 0.4) is 0 Å². The second kappa shape index (κ2) is 8.40. The fourth-order valence-electron chi connectivity index (χ4n) is 0.882. The number of nitrogens with zero attached hydrogens (tertiary/aromatic N) is 1. The summed E-state index contributed by atoms with van der Waals surface area (Å²) in [5.41, 5.74) is 6.16. The summed E-state index contributed by atoms with van der Waals surface area (Å²) in [6.45, 7) is 0.461. The standard InChI is InChI=1S/C8H13N3O2.2ClH/c1-13-7-3-2-6(9)8(11-7)10-4-5-12;;/h2-3,12H,4-5,9H2,1H3,(H,10,11);2*1H. The van der Waals surface area contributed by atoms with Crippen LogP contribution in [0.25, 0.3) is 0 Å². The van der Waals surface area contributed by atoms with Crippen LogP contribution in [-0.4, -0.2) is 30.4 Å². The predicted molar refractivity (Wildman–Crippen MR) is 65.3 cm³/mol. The molecule has 0 aliphatic carbocycles. The Balaban J connectivity index is 0. The average Bonchev–Trinajstić information content (AvgIpc) is 2.17. The van der Waals surface area contributed by atoms with E-state index in [0.717, 1.165) is 0 Å². The maximum absolute atomic E-state index is 8.58. The third-order valence-electron chi connectivity index (χ3n) is 1.51. The zero-order valence-corrected chi connectivity index (χ0v) is 9.90. The SMILES string of the molecule is COc1ccc(N)c(NCCO)n1.Cl.Cl. The zero-order valence-electron chi connectivity index (χ0n) is 8.27. The van der Waals surface area contributed by atoms with Gasteiger partial charge in [-0.3, -0.25) is 0 Å². The van der Waals surface area contributed by atoms with E-state index in [4.69, 9.17) is 15.6 Å². The summed E-state index contributed by atoms with van der Waals surface area (Å²) in [5.74, 6) is 1.03. The lowest BCUT2D eigenvalue weighted by Gasteiger charge is -2.07. The Labute approximate surface area is 101 Å². The third kappa shape index (κ3) is 4.92. The number of ether oxygens (including phenoxy) is 1. The molecule has 0 spiro atoms. The number of nitrogens with one attached hydrogen (secondary N) is 1. The van der Waals surface area contributed by atoms with E-state index in [1.54, 1.807) is 12.1 Å². The molecule has 0 aliphatic rings. The fraction of sp³-hybridized carbons (Fsp3) is 0.375. The molecule has 0 saturated heterocycles. The largest absolute Gasteiger partial charge is 0.481 e. The number of aliphatic hydroxyl groups excluding tert-OH is 1. The van der Waals surface area contributed by atoms with Crippen molar-refractivity contribution in [1.82, 2.24) is 4.98 Å². The Morgan fingerprint density at radius 1 is 1.47 bits per heavy atom. The van der Waals surface area contributed by atoms with Crippen molar-refractivity contribution in [2.45, 2.75) is 0 Å². The Kier molecular flexibility index (Phi) is 9.25. The first-order valence-electron chi connectivity index (χ1n) is 3.93. The normalized spacial score (nSPS) is 8.40. The number of aliphatic hydroxyl groups is 1. The number of anilines is 2. The highest BCUT2D eigenvalue weighted by atomic mass is 35.5. The molecule has 0 atom stereocenters. The van der Waals surface area contributed by atoms with Crippen molar-refractivity contribution < 1.29 is 9.84 Å². The van der Waals surface area contributed by atoms with Crippen molar-refractivity contribution in [3.8, 4) is 5.88 Å². The molecule has 0 amide bonds. The van der Waals surface area contributed by atoms with E-state index in [1.807, 2.05) is 0 Å². The molecule has 1 rings (SSSR count). The Hall–Kier alpha value is -0.910. The molecule has 0 saturated carbocycles. The number of hydrogen-bond donors (Lipinski definition) is 3. The van der Waals surface area contributed by atoms with E-state index in [9.17, 15) is 0 Å². The Morgan fingerprint density at radius 3 is 2.67 bits per heavy atom. The van der Waals surface area contributed by atoms with E-state index in [-0.39, 0.29) is 31.4 Å². The van der Waals surface area contributed by atoms with E-state index in [2.05, 4.69) is 10.3 Å². The summed E-state index contributed by atoms with van der Waals surface area (Å²) < 4.78 is 4.92. The van der Waals surface area contributed by atoms with Crippen molar-refractivity contribution in [3.05, 3.63) is 12.1 Å². The average molecular weight is 256 g/mol. The van der Waals surface area contributed by atoms with Crippen LogP contribution in [0, 0.1) is 0 Å². The molecule has 0 unspecified atom stereocenters. The molecule has 0 aliphatic heterocycles. The van der Waals surface area contributed by atoms with Gasteiger partial charge in [-0.15, -0.1) is 24.8 Å². The van der Waals surface area contributed by atoms with Crippen molar-refractivity contribution in [3.63, 3.8) is 0 Å². The first-order valence-corrected chi connectivity index (χ1v) is 3.93. The van der Waals surface area contributed by atoms with Gasteiger partial charge in [-0.2, -0.15) is 4.98 Å². The summed E-state index contributed by atoms with van der Waals surface area (Å²) in [7, 11) is 1.54. The van der Waals surface area contributed by atoms with Gasteiger partial charge >= 0.3 is 0 Å². The van der Waals surface area contributed by atoms with Gasteiger partial charge in [-0.1, -0.05) is 0 Å². The maximum Gasteiger partial charge on any atom is 0.215 e. The van der Waals surface area contributed by atoms with Crippen molar-refractivity contribution >= 4 is 36.3 Å². The van der Waals surface area contributed by atoms with Crippen molar-refractivity contribution in [2.75, 3.05) is 31.3 Å². The quantitative estimate of drug-likeness (QED) is 0.746. The number of aromatic nitrogens is 1. The predicted octanol–water partition coefficient (Wildman–Crippen LogP) is 0.920. The second-order valence-electron chi connectivity index (χ2n) is 2.44. The summed E-state index contributed by atoms with van der Waals surface area (Å²) in [6, 6.07) is 3.38. The van der Waals surface area contributed by atoms with E-state index >= 15 is 0 Å². The summed E-state index contributed by atoms with van der Waals surface area (Å²) >= 11 is 0. The summed E-state index contributed by atoms with van der Waals surface area (Å²) in [5, 5.41) is 11.5. The highest BCUT2D eigenvalue weighted by Gasteiger charge is 2.01. The molecule has 1 aromatic heterocycles. The summed E-state index contributed by atoms with van der Waals surface area (Å²) in [6.07, 6.45) is 0. The van der Waals surface area contributed by atoms with Gasteiger partial charge in [-0.05, 0) is 6.07 Å². The maximum atomic E-state index is 8.58. The van der Waals surface area contributed by atoms with Gasteiger partial charge in [0.15, 0.2) is 5.82 Å². The fourth-order valence-corrected chi connectivity index (χ4v) is 0.882. The molecule has 5 nitrogen and oxygen atoms in total. The lowest BCUT2D eigenvalue weighted by Crippen LogP contribution is -2.09. The first-order chi connectivity index (χ1) is 6.27. The molecule has 0 aromatic carbocycles. The van der Waals surface area contributed by atoms with Gasteiger partial charge in [0.1, 0.15) is 0 Å². The molecule has 1 heterocycles. The topological polar surface area (TPSA) is 80.4 Å². The molecular weight excluding hydrogens is 241 g/mol. The smallest absolute Gasteiger partial charge is 0.215 e. The number of pyridine rings is 1. The molecule has 0 bridgehead atoms. The molecule has 1 aromatic rings. The van der Waals surface area contributed by atoms with Crippen LogP contribution in [0.4, 0.5) is 11.5 Å². The van der Waals surface area contributed by atoms with E-state index < -0.39 is 0 Å². The van der Waals surface area contributed by atoms with Gasteiger partial charge in [0.2, 0.25) is 5.88 Å². The highest BCUT2D eigenvalue weighted by Crippen LogP contribution is 2.18. The zero-order chi connectivity index (χ0) is 9.68. The monoisotopic (exact) mass is 255 g/mol. The minimum atomic E-state index is 0. The van der Waals surface area contributed by atoms with Crippen molar-refractivity contribution in [1.29, 1.82) is 0 Å². The van der Waals surface area contributed by atoms with Gasteiger partial charge in [-0.25, -0.2) is 0 Å². The minimum Gasteiger partial charge on any atom is -0.481 e. The molecule has 4 N–H and O–H groups in total. The van der Waals surface area contributed by atoms with Gasteiger partial charge in [0.05, 0.1) is 19.4 Å². The number of nitrogens with two attached hydrogens (primary N) is 1. The van der Waals surface area contributed by atoms with Crippen molar-refractivity contribution in [2.24, 2.45) is 0 Å². The van der Waals surface area contributed by atoms with Gasteiger partial charge < -0.3 is 20.9 Å². The number of hydrogen-bond acceptors (Lipinski definition) is 5. The molecule has 0 fully saturated rings. The third-order valence-corrected chi connectivity index (χ3v) is 1.51. The van der Waals surface area contributed by atoms with E-state index in [1.165, 1.54) is 7.11 Å². The molecular formula is C8H15Cl2N3O2. The summed E-state index contributed by atoms with van der Waals surface area (Å²) in [4.78, 5) is 4.06. The van der Waals surface area contributed by atoms with Crippen LogP contribution in [0.15, 0.2) is 12.1 Å². The Morgan fingerprint density at radius 2 is 2.13 bits per heavy atom. The Bertz CT molecular complexity index is 287. The van der Waals surface area contributed by atoms with Crippen LogP contribution in [0.2, 0.25) is 0 Å². The lowest BCUT2D eigenvalue weighted by atomic mass is 10.4. The van der Waals surface area contributed by atoms with Crippen LogP contribution in [-0.2, 0) is 0 Å². The van der Waals surface area contributed by atoms with Crippen LogP contribution in [0.5, 0.6) is 5.88 Å². The molecule has 7 heteroatoms. The highest BCUT2D eigenvalue weighted by molar-refractivity contribution is 5.85. The number of halogens is 2. The molecule has 88 valence electrons. The van der Waals surface area contributed by atoms with Crippen LogP contribution >= 0.6 is 24.8 Å². The number of methoxy groups -OCH3 is 1. The van der Waals surface area contributed by atoms with Gasteiger partial charge in [0.25, 0.3) is 0 Å². The van der Waals surface area contributed by atoms with Crippen LogP contribution < -0.4 is 15.8 Å². The molecule has 15 heavy (non-hydrogen) atoms. The minimum absolute atomic E-state index is 0. The molecule has 0 radical (unpaired) electrons. The lowest BCUT2D eigenvalue weighted by molar-refractivity contribution is 0.311. The first kappa shape index (κ1) is 16.5. The van der Waals surface area contributed by atoms with Crippen LogP contribution in [0.1, 0.15) is 0 Å².